The summed E-state index contributed by atoms with van der Waals surface area (Å²) in [7, 11) is 0. The fourth-order valence-electron chi connectivity index (χ4n) is 1.51. The zero-order valence-corrected chi connectivity index (χ0v) is 14.3. The van der Waals surface area contributed by atoms with Crippen molar-refractivity contribution < 1.29 is 22.0 Å². The molecule has 6 heteroatoms. The molecule has 1 aromatic carbocycles. The first-order valence-corrected chi connectivity index (χ1v) is 7.90. The lowest BCUT2D eigenvalue weighted by atomic mass is 10.2. The minimum Gasteiger partial charge on any atom is -0.377 e. The van der Waals surface area contributed by atoms with E-state index in [-0.39, 0.29) is 0 Å². The smallest absolute Gasteiger partial charge is 0.109 e. The number of ether oxygens (including phenoxy) is 4. The van der Waals surface area contributed by atoms with Crippen molar-refractivity contribution in [1.29, 1.82) is 0 Å². The third kappa shape index (κ3) is 12.0. The Morgan fingerprint density at radius 3 is 1.62 bits per heavy atom. The van der Waals surface area contributed by atoms with E-state index in [0.29, 0.717) is 59.5 Å². The van der Waals surface area contributed by atoms with E-state index in [1.165, 1.54) is 5.56 Å². The van der Waals surface area contributed by atoms with Crippen LogP contribution in [0.25, 0.3) is 0 Å². The summed E-state index contributed by atoms with van der Waals surface area (Å²) in [4.78, 5) is 0. The van der Waals surface area contributed by atoms with Crippen molar-refractivity contribution in [1.82, 2.24) is 0 Å². The lowest BCUT2D eigenvalue weighted by Crippen LogP contribution is -2.12. The normalized spacial score (nSPS) is 10.9. The highest BCUT2D eigenvalue weighted by atomic mass is 127. The van der Waals surface area contributed by atoms with E-state index in [9.17, 15) is 0 Å². The fraction of sp³-hybridized carbons (Fsp3) is 0.600. The van der Waals surface area contributed by atoms with E-state index < -0.39 is 0 Å². The molecule has 5 nitrogen and oxygen atoms in total. The Labute approximate surface area is 140 Å². The van der Waals surface area contributed by atoms with E-state index in [0.717, 1.165) is 0 Å². The molecule has 0 heterocycles. The van der Waals surface area contributed by atoms with Gasteiger partial charge in [-0.15, -0.1) is 0 Å². The third-order valence-electron chi connectivity index (χ3n) is 2.53. The number of benzene rings is 1. The summed E-state index contributed by atoms with van der Waals surface area (Å²) in [5.41, 5.74) is 1.17. The zero-order valence-electron chi connectivity index (χ0n) is 12.2. The molecule has 0 fully saturated rings. The van der Waals surface area contributed by atoms with Crippen LogP contribution in [-0.2, 0) is 28.6 Å². The molecule has 0 bridgehead atoms. The summed E-state index contributed by atoms with van der Waals surface area (Å²) < 4.78 is 26.4. The van der Waals surface area contributed by atoms with E-state index >= 15 is 0 Å². The number of hydrogen-bond donors (Lipinski definition) is 0. The Balaban J connectivity index is 1.75. The summed E-state index contributed by atoms with van der Waals surface area (Å²) in [6.45, 7) is 5.31. The second kappa shape index (κ2) is 14.7. The molecule has 0 aliphatic rings. The Morgan fingerprint density at radius 1 is 0.619 bits per heavy atom. The molecule has 0 aliphatic carbocycles. The minimum absolute atomic E-state index is 0.574. The lowest BCUT2D eigenvalue weighted by molar-refractivity contribution is -0.00562. The van der Waals surface area contributed by atoms with Crippen LogP contribution >= 0.6 is 23.0 Å². The molecule has 1 rings (SSSR count). The molecule has 0 saturated carbocycles. The van der Waals surface area contributed by atoms with Gasteiger partial charge in [0.2, 0.25) is 0 Å². The molecule has 21 heavy (non-hydrogen) atoms. The van der Waals surface area contributed by atoms with Gasteiger partial charge in [-0.1, -0.05) is 30.3 Å². The third-order valence-corrected chi connectivity index (χ3v) is 2.97. The van der Waals surface area contributed by atoms with Gasteiger partial charge in [-0.05, 0) is 5.56 Å². The van der Waals surface area contributed by atoms with Gasteiger partial charge in [0.05, 0.1) is 59.5 Å². The van der Waals surface area contributed by atoms with E-state index in [4.69, 9.17) is 22.0 Å². The van der Waals surface area contributed by atoms with Gasteiger partial charge < -0.3 is 22.0 Å². The van der Waals surface area contributed by atoms with Gasteiger partial charge >= 0.3 is 0 Å². The van der Waals surface area contributed by atoms with Gasteiger partial charge in [-0.2, -0.15) is 0 Å². The van der Waals surface area contributed by atoms with Crippen LogP contribution in [0.1, 0.15) is 5.56 Å². The second-order valence-electron chi connectivity index (χ2n) is 4.19. The van der Waals surface area contributed by atoms with Crippen LogP contribution in [0.15, 0.2) is 30.3 Å². The van der Waals surface area contributed by atoms with Crippen molar-refractivity contribution in [2.45, 2.75) is 6.61 Å². The van der Waals surface area contributed by atoms with Gasteiger partial charge in [0.25, 0.3) is 0 Å². The Hall–Kier alpha value is -0.250. The van der Waals surface area contributed by atoms with Crippen molar-refractivity contribution in [3.05, 3.63) is 35.9 Å². The maximum atomic E-state index is 5.50. The van der Waals surface area contributed by atoms with E-state index in [2.05, 4.69) is 0 Å². The molecule has 0 saturated heterocycles. The second-order valence-corrected chi connectivity index (χ2v) is 4.81. The van der Waals surface area contributed by atoms with Gasteiger partial charge in [-0.25, -0.2) is 0 Å². The van der Waals surface area contributed by atoms with E-state index in [1.807, 2.05) is 53.3 Å². The van der Waals surface area contributed by atoms with Crippen LogP contribution in [0.3, 0.4) is 0 Å². The van der Waals surface area contributed by atoms with Gasteiger partial charge in [0.15, 0.2) is 0 Å². The first kappa shape index (κ1) is 18.8. The molecule has 0 N–H and O–H groups in total. The SMILES string of the molecule is IOCCOCCOCCOCCOCc1ccccc1. The molecule has 0 aromatic heterocycles. The molecule has 120 valence electrons. The Bertz CT molecular complexity index is 323. The molecule has 0 atom stereocenters. The number of halogens is 1. The Kier molecular flexibility index (Phi) is 13.1. The summed E-state index contributed by atoms with van der Waals surface area (Å²) in [6, 6.07) is 10.1. The Morgan fingerprint density at radius 2 is 1.10 bits per heavy atom. The minimum atomic E-state index is 0.574. The predicted molar refractivity (Wildman–Crippen MR) is 88.5 cm³/mol. The molecule has 0 aliphatic heterocycles. The van der Waals surface area contributed by atoms with Crippen molar-refractivity contribution >= 4 is 23.0 Å². The maximum absolute atomic E-state index is 5.50. The quantitative estimate of drug-likeness (QED) is 0.349. The first-order chi connectivity index (χ1) is 10.4. The molecule has 0 spiro atoms. The molecule has 0 amide bonds. The van der Waals surface area contributed by atoms with Crippen molar-refractivity contribution in [3.63, 3.8) is 0 Å². The van der Waals surface area contributed by atoms with Crippen molar-refractivity contribution in [3.8, 4) is 0 Å². The van der Waals surface area contributed by atoms with Gasteiger partial charge in [0, 0.05) is 0 Å². The average Bonchev–Trinajstić information content (AvgIpc) is 2.53. The summed E-state index contributed by atoms with van der Waals surface area (Å²) >= 11 is 1.85. The molecular weight excluding hydrogens is 387 g/mol. The molecule has 0 radical (unpaired) electrons. The van der Waals surface area contributed by atoms with Crippen molar-refractivity contribution in [2.75, 3.05) is 52.9 Å². The van der Waals surface area contributed by atoms with Crippen LogP contribution in [-0.4, -0.2) is 52.9 Å². The van der Waals surface area contributed by atoms with Gasteiger partial charge in [-0.3, -0.25) is 0 Å². The largest absolute Gasteiger partial charge is 0.377 e. The predicted octanol–water partition coefficient (Wildman–Crippen LogP) is 2.62. The maximum Gasteiger partial charge on any atom is 0.109 e. The molecular formula is C15H23IO5. The van der Waals surface area contributed by atoms with E-state index in [1.54, 1.807) is 0 Å². The number of rotatable bonds is 14. The zero-order chi connectivity index (χ0) is 15.0. The monoisotopic (exact) mass is 410 g/mol. The van der Waals surface area contributed by atoms with Crippen LogP contribution in [0, 0.1) is 0 Å². The van der Waals surface area contributed by atoms with Crippen LogP contribution in [0.4, 0.5) is 0 Å². The number of hydrogen-bond acceptors (Lipinski definition) is 5. The topological polar surface area (TPSA) is 46.2 Å². The highest BCUT2D eigenvalue weighted by Gasteiger charge is 1.94. The fourth-order valence-corrected chi connectivity index (χ4v) is 1.69. The summed E-state index contributed by atoms with van der Waals surface area (Å²) in [6.07, 6.45) is 0. The van der Waals surface area contributed by atoms with Crippen LogP contribution in [0.5, 0.6) is 0 Å². The highest BCUT2D eigenvalue weighted by molar-refractivity contribution is 14.1. The van der Waals surface area contributed by atoms with Crippen LogP contribution < -0.4 is 0 Å². The lowest BCUT2D eigenvalue weighted by Gasteiger charge is -2.07. The van der Waals surface area contributed by atoms with Gasteiger partial charge in [0.1, 0.15) is 23.0 Å². The molecule has 1 aromatic rings. The average molecular weight is 410 g/mol. The van der Waals surface area contributed by atoms with Crippen molar-refractivity contribution in [2.24, 2.45) is 0 Å². The standard InChI is InChI=1S/C15H23IO5/c16-21-13-12-19-9-8-17-6-7-18-10-11-20-14-15-4-2-1-3-5-15/h1-5H,6-14H2. The van der Waals surface area contributed by atoms with Crippen LogP contribution in [0.2, 0.25) is 0 Å². The molecule has 0 unspecified atom stereocenters. The summed E-state index contributed by atoms with van der Waals surface area (Å²) in [5.74, 6) is 0. The first-order valence-electron chi connectivity index (χ1n) is 7.02. The highest BCUT2D eigenvalue weighted by Crippen LogP contribution is 1.99. The summed E-state index contributed by atoms with van der Waals surface area (Å²) in [5, 5.41) is 0.